The Labute approximate surface area is 177 Å². The molecular weight excluding hydrogens is 409 g/mol. The molecule has 1 aliphatic rings. The number of aromatic nitrogens is 1. The molecule has 1 aromatic heterocycles. The van der Waals surface area contributed by atoms with E-state index in [2.05, 4.69) is 6.07 Å². The van der Waals surface area contributed by atoms with Crippen molar-refractivity contribution in [2.45, 2.75) is 19.9 Å². The highest BCUT2D eigenvalue weighted by molar-refractivity contribution is 6.42. The van der Waals surface area contributed by atoms with E-state index in [9.17, 15) is 14.9 Å². The minimum absolute atomic E-state index is 0.203. The third kappa shape index (κ3) is 2.93. The zero-order valence-corrected chi connectivity index (χ0v) is 17.1. The maximum Gasteiger partial charge on any atom is 0.259 e. The summed E-state index contributed by atoms with van der Waals surface area (Å²) < 4.78 is 1.49. The first-order valence-corrected chi connectivity index (χ1v) is 9.61. The second kappa shape index (κ2) is 7.07. The number of carbonyl (C=O) groups excluding carboxylic acids is 2. The lowest BCUT2D eigenvalue weighted by Crippen LogP contribution is -2.37. The minimum atomic E-state index is -0.914. The van der Waals surface area contributed by atoms with Crippen molar-refractivity contribution in [3.63, 3.8) is 0 Å². The highest BCUT2D eigenvalue weighted by atomic mass is 35.5. The second-order valence-corrected chi connectivity index (χ2v) is 7.63. The number of halogens is 2. The fourth-order valence-electron chi connectivity index (χ4n) is 3.77. The van der Waals surface area contributed by atoms with Gasteiger partial charge in [0.1, 0.15) is 0 Å². The van der Waals surface area contributed by atoms with E-state index in [1.807, 2.05) is 13.0 Å². The van der Waals surface area contributed by atoms with Gasteiger partial charge in [-0.15, -0.1) is 0 Å². The number of amides is 1. The van der Waals surface area contributed by atoms with Gasteiger partial charge in [-0.05, 0) is 36.8 Å². The minimum Gasteiger partial charge on any atom is -0.287 e. The van der Waals surface area contributed by atoms with E-state index in [1.54, 1.807) is 42.6 Å². The largest absolute Gasteiger partial charge is 0.287 e. The molecule has 5 nitrogen and oxygen atoms in total. The molecule has 0 bridgehead atoms. The highest BCUT2D eigenvalue weighted by Crippen LogP contribution is 2.49. The molecule has 1 atom stereocenters. The Morgan fingerprint density at radius 2 is 1.76 bits per heavy atom. The highest BCUT2D eigenvalue weighted by Gasteiger charge is 2.39. The first-order chi connectivity index (χ1) is 13.8. The van der Waals surface area contributed by atoms with Crippen LogP contribution in [0.25, 0.3) is 11.3 Å². The lowest BCUT2D eigenvalue weighted by Gasteiger charge is -2.35. The van der Waals surface area contributed by atoms with Gasteiger partial charge in [0, 0.05) is 29.8 Å². The predicted molar refractivity (Wildman–Crippen MR) is 113 cm³/mol. The molecule has 2 heterocycles. The lowest BCUT2D eigenvalue weighted by molar-refractivity contribution is 0.0938. The first kappa shape index (κ1) is 19.3. The molecule has 0 saturated carbocycles. The molecule has 3 aromatic rings. The molecule has 1 unspecified atom stereocenters. The molecule has 0 aliphatic carbocycles. The summed E-state index contributed by atoms with van der Waals surface area (Å²) in [5.41, 5.74) is 3.37. The molecule has 29 heavy (non-hydrogen) atoms. The zero-order chi connectivity index (χ0) is 20.9. The van der Waals surface area contributed by atoms with Gasteiger partial charge in [-0.3, -0.25) is 19.1 Å². The van der Waals surface area contributed by atoms with Gasteiger partial charge in [-0.25, -0.2) is 0 Å². The van der Waals surface area contributed by atoms with Crippen LogP contribution in [0.15, 0.2) is 48.7 Å². The molecule has 0 fully saturated rings. The molecule has 1 amide bonds. The number of hydrogen-bond donors (Lipinski definition) is 0. The summed E-state index contributed by atoms with van der Waals surface area (Å²) in [4.78, 5) is 27.1. The van der Waals surface area contributed by atoms with Crippen molar-refractivity contribution < 1.29 is 9.59 Å². The van der Waals surface area contributed by atoms with Gasteiger partial charge < -0.3 is 0 Å². The Balaban J connectivity index is 2.06. The number of aryl methyl sites for hydroxylation is 1. The molecule has 1 aliphatic heterocycles. The molecule has 2 aromatic carbocycles. The third-order valence-corrected chi connectivity index (χ3v) is 5.75. The number of hydrogen-bond acceptors (Lipinski definition) is 3. The van der Waals surface area contributed by atoms with E-state index >= 15 is 0 Å². The van der Waals surface area contributed by atoms with Crippen molar-refractivity contribution in [2.24, 2.45) is 0 Å². The standard InChI is InChI=1S/C22H15Cl2N3O2/c1-12-11-26(13(2)28)21-15-8-16(23)17(24)9-18(15)27(19(10-25)20(12)21)22(29)14-6-4-3-5-7-14/h3-9,11,19H,1-2H3. The van der Waals surface area contributed by atoms with Gasteiger partial charge in [0.2, 0.25) is 5.91 Å². The van der Waals surface area contributed by atoms with Gasteiger partial charge in [0.05, 0.1) is 27.5 Å². The maximum absolute atomic E-state index is 13.4. The van der Waals surface area contributed by atoms with E-state index in [1.165, 1.54) is 16.4 Å². The molecule has 7 heteroatoms. The molecule has 0 N–H and O–H groups in total. The Hall–Kier alpha value is -3.07. The van der Waals surface area contributed by atoms with Gasteiger partial charge in [0.25, 0.3) is 5.91 Å². The summed E-state index contributed by atoms with van der Waals surface area (Å²) >= 11 is 12.5. The topological polar surface area (TPSA) is 66.1 Å². The Morgan fingerprint density at radius 1 is 1.10 bits per heavy atom. The number of fused-ring (bicyclic) bond motifs is 3. The summed E-state index contributed by atoms with van der Waals surface area (Å²) in [6.45, 7) is 3.26. The van der Waals surface area contributed by atoms with E-state index in [-0.39, 0.29) is 16.8 Å². The second-order valence-electron chi connectivity index (χ2n) is 6.82. The summed E-state index contributed by atoms with van der Waals surface area (Å²) in [6.07, 6.45) is 1.68. The average molecular weight is 424 g/mol. The van der Waals surface area contributed by atoms with Crippen molar-refractivity contribution in [1.82, 2.24) is 4.57 Å². The number of benzene rings is 2. The van der Waals surface area contributed by atoms with Gasteiger partial charge >= 0.3 is 0 Å². The van der Waals surface area contributed by atoms with Gasteiger partial charge in [0.15, 0.2) is 6.04 Å². The lowest BCUT2D eigenvalue weighted by atomic mass is 9.91. The number of rotatable bonds is 1. The molecule has 4 rings (SSSR count). The van der Waals surface area contributed by atoms with E-state index in [0.29, 0.717) is 33.1 Å². The Kier molecular flexibility index (Phi) is 4.70. The predicted octanol–water partition coefficient (Wildman–Crippen LogP) is 5.66. The van der Waals surface area contributed by atoms with Crippen LogP contribution in [0, 0.1) is 18.3 Å². The van der Waals surface area contributed by atoms with E-state index in [4.69, 9.17) is 23.2 Å². The smallest absolute Gasteiger partial charge is 0.259 e. The van der Waals surface area contributed by atoms with Crippen LogP contribution >= 0.6 is 23.2 Å². The summed E-state index contributed by atoms with van der Waals surface area (Å²) in [6, 6.07) is 13.2. The molecule has 144 valence electrons. The van der Waals surface area contributed by atoms with Crippen LogP contribution in [0.4, 0.5) is 5.69 Å². The number of anilines is 1. The SMILES string of the molecule is CC(=O)n1cc(C)c2c1-c1cc(Cl)c(Cl)cc1N(C(=O)c1ccccc1)C2C#N. The molecular formula is C22H15Cl2N3O2. The van der Waals surface area contributed by atoms with Crippen molar-refractivity contribution in [3.05, 3.63) is 75.4 Å². The number of nitrogens with zero attached hydrogens (tertiary/aromatic N) is 3. The maximum atomic E-state index is 13.4. The van der Waals surface area contributed by atoms with Crippen LogP contribution in [0.1, 0.15) is 39.2 Å². The molecule has 0 radical (unpaired) electrons. The third-order valence-electron chi connectivity index (χ3n) is 5.03. The number of carbonyl (C=O) groups is 2. The van der Waals surface area contributed by atoms with Crippen LogP contribution in [0.5, 0.6) is 0 Å². The van der Waals surface area contributed by atoms with Crippen LogP contribution in [-0.4, -0.2) is 16.4 Å². The zero-order valence-electron chi connectivity index (χ0n) is 15.6. The van der Waals surface area contributed by atoms with Crippen molar-refractivity contribution >= 4 is 40.7 Å². The quantitative estimate of drug-likeness (QED) is 0.507. The van der Waals surface area contributed by atoms with E-state index < -0.39 is 6.04 Å². The van der Waals surface area contributed by atoms with Crippen LogP contribution in [-0.2, 0) is 0 Å². The van der Waals surface area contributed by atoms with Crippen LogP contribution in [0.2, 0.25) is 10.0 Å². The molecule has 0 saturated heterocycles. The average Bonchev–Trinajstić information content (AvgIpc) is 3.06. The Bertz CT molecular complexity index is 1210. The Morgan fingerprint density at radius 3 is 2.38 bits per heavy atom. The summed E-state index contributed by atoms with van der Waals surface area (Å²) in [7, 11) is 0. The normalized spacial score (nSPS) is 14.7. The van der Waals surface area contributed by atoms with Crippen LogP contribution in [0.3, 0.4) is 0 Å². The monoisotopic (exact) mass is 423 g/mol. The van der Waals surface area contributed by atoms with Gasteiger partial charge in [-0.1, -0.05) is 41.4 Å². The van der Waals surface area contributed by atoms with Crippen molar-refractivity contribution in [2.75, 3.05) is 4.90 Å². The summed E-state index contributed by atoms with van der Waals surface area (Å²) in [5.74, 6) is -0.539. The fourth-order valence-corrected chi connectivity index (χ4v) is 4.10. The van der Waals surface area contributed by atoms with E-state index in [0.717, 1.165) is 5.56 Å². The van der Waals surface area contributed by atoms with Crippen LogP contribution < -0.4 is 4.90 Å². The van der Waals surface area contributed by atoms with Crippen molar-refractivity contribution in [3.8, 4) is 17.3 Å². The number of nitriles is 1. The van der Waals surface area contributed by atoms with Crippen molar-refractivity contribution in [1.29, 1.82) is 5.26 Å². The molecule has 0 spiro atoms. The van der Waals surface area contributed by atoms with Gasteiger partial charge in [-0.2, -0.15) is 5.26 Å². The summed E-state index contributed by atoms with van der Waals surface area (Å²) in [5, 5.41) is 10.6. The first-order valence-electron chi connectivity index (χ1n) is 8.85. The fraction of sp³-hybridized carbons (Fsp3) is 0.136.